The van der Waals surface area contributed by atoms with E-state index in [1.54, 1.807) is 0 Å². The van der Waals surface area contributed by atoms with Crippen LogP contribution in [0.5, 0.6) is 0 Å². The molecule has 1 aliphatic heterocycles. The van der Waals surface area contributed by atoms with Gasteiger partial charge in [-0.05, 0) is 27.7 Å². The number of carbonyl (C=O) groups is 1. The molecule has 2 rings (SSSR count). The lowest BCUT2D eigenvalue weighted by Crippen LogP contribution is -2.55. The summed E-state index contributed by atoms with van der Waals surface area (Å²) < 4.78 is 67.9. The van der Waals surface area contributed by atoms with Crippen LogP contribution < -0.4 is 5.32 Å². The Morgan fingerprint density at radius 1 is 0.958 bits per heavy atom. The molecule has 0 spiro atoms. The molecule has 0 aromatic carbocycles. The van der Waals surface area contributed by atoms with Crippen molar-refractivity contribution in [2.24, 2.45) is 5.92 Å². The quantitative estimate of drug-likeness (QED) is 0.612. The summed E-state index contributed by atoms with van der Waals surface area (Å²) in [6.07, 6.45) is -13.6. The first-order chi connectivity index (χ1) is 10.8. The Labute approximate surface area is 136 Å². The first-order valence-electron chi connectivity index (χ1n) is 7.54. The van der Waals surface area contributed by atoms with Crippen molar-refractivity contribution in [2.45, 2.75) is 69.8 Å². The largest absolute Gasteiger partial charge is 0.367 e. The molecule has 0 bridgehead atoms. The van der Waals surface area contributed by atoms with E-state index in [4.69, 9.17) is 0 Å². The summed E-state index contributed by atoms with van der Waals surface area (Å²) >= 11 is 0. The zero-order valence-electron chi connectivity index (χ0n) is 13.7. The van der Waals surface area contributed by atoms with E-state index in [1.807, 2.05) is 0 Å². The molecule has 1 aliphatic carbocycles. The van der Waals surface area contributed by atoms with Crippen LogP contribution in [0.25, 0.3) is 0 Å². The SMILES string of the molecule is CC1(C)N/C(=C\C(=O)C2C(F)C(F)C(F)C(F)C2F)C(C)(C)N1[O]. The number of allylic oxidation sites excluding steroid dienone is 1. The number of hydrogen-bond donors (Lipinski definition) is 1. The molecule has 1 saturated heterocycles. The molecule has 2 aliphatic rings. The third-order valence-corrected chi connectivity index (χ3v) is 4.63. The van der Waals surface area contributed by atoms with E-state index in [1.165, 1.54) is 27.7 Å². The van der Waals surface area contributed by atoms with Crippen molar-refractivity contribution in [1.82, 2.24) is 10.4 Å². The highest BCUT2D eigenvalue weighted by Gasteiger charge is 2.56. The molecule has 0 aromatic heterocycles. The van der Waals surface area contributed by atoms with Crippen LogP contribution in [-0.2, 0) is 10.0 Å². The van der Waals surface area contributed by atoms with Gasteiger partial charge in [0.25, 0.3) is 0 Å². The number of nitrogens with one attached hydrogen (secondary N) is 1. The first kappa shape index (κ1) is 19.1. The van der Waals surface area contributed by atoms with Gasteiger partial charge < -0.3 is 5.32 Å². The molecule has 137 valence electrons. The van der Waals surface area contributed by atoms with Gasteiger partial charge in [0.15, 0.2) is 24.3 Å². The predicted octanol–water partition coefficient (Wildman–Crippen LogP) is 2.53. The van der Waals surface area contributed by atoms with Crippen LogP contribution in [0.2, 0.25) is 0 Å². The zero-order chi connectivity index (χ0) is 18.6. The highest BCUT2D eigenvalue weighted by atomic mass is 19.2. The van der Waals surface area contributed by atoms with Crippen molar-refractivity contribution in [3.63, 3.8) is 0 Å². The summed E-state index contributed by atoms with van der Waals surface area (Å²) in [7, 11) is 0. The molecule has 0 amide bonds. The normalized spacial score (nSPS) is 43.7. The minimum atomic E-state index is -2.95. The molecule has 2 fully saturated rings. The molecular formula is C15H20F5N2O2. The third kappa shape index (κ3) is 2.81. The first-order valence-corrected chi connectivity index (χ1v) is 7.54. The van der Waals surface area contributed by atoms with E-state index < -0.39 is 53.8 Å². The van der Waals surface area contributed by atoms with Crippen LogP contribution in [0, 0.1) is 5.92 Å². The van der Waals surface area contributed by atoms with Gasteiger partial charge in [-0.2, -0.15) is 0 Å². The Morgan fingerprint density at radius 2 is 1.38 bits per heavy atom. The minimum Gasteiger partial charge on any atom is -0.367 e. The molecule has 4 unspecified atom stereocenters. The standard InChI is InChI=1S/C15H20F5N2O2/c1-14(2)7(21-15(3,4)22(14)24)5-6(23)8-9(16)11(18)13(20)12(19)10(8)17/h5,8-13,21H,1-4H3/b7-5-. The summed E-state index contributed by atoms with van der Waals surface area (Å²) in [6.45, 7) is 6.03. The van der Waals surface area contributed by atoms with Crippen LogP contribution in [0.4, 0.5) is 22.0 Å². The van der Waals surface area contributed by atoms with Gasteiger partial charge in [-0.15, -0.1) is 10.3 Å². The van der Waals surface area contributed by atoms with Gasteiger partial charge in [-0.1, -0.05) is 0 Å². The molecule has 4 nitrogen and oxygen atoms in total. The molecule has 4 atom stereocenters. The maximum atomic E-state index is 13.9. The molecule has 0 aromatic rings. The number of carbonyl (C=O) groups excluding carboxylic acids is 1. The Kier molecular flexibility index (Phi) is 4.73. The van der Waals surface area contributed by atoms with Gasteiger partial charge >= 0.3 is 0 Å². The molecule has 9 heteroatoms. The lowest BCUT2D eigenvalue weighted by molar-refractivity contribution is -0.243. The number of nitrogens with zero attached hydrogens (tertiary/aromatic N) is 1. The van der Waals surface area contributed by atoms with E-state index >= 15 is 0 Å². The number of halogens is 5. The Morgan fingerprint density at radius 3 is 1.75 bits per heavy atom. The van der Waals surface area contributed by atoms with E-state index in [0.717, 1.165) is 6.08 Å². The number of rotatable bonds is 2. The fourth-order valence-electron chi connectivity index (χ4n) is 3.21. The fraction of sp³-hybridized carbons (Fsp3) is 0.800. The summed E-state index contributed by atoms with van der Waals surface area (Å²) in [5, 5.41) is 15.6. The van der Waals surface area contributed by atoms with Gasteiger partial charge in [-0.3, -0.25) is 4.79 Å². The van der Waals surface area contributed by atoms with Crippen molar-refractivity contribution < 1.29 is 32.0 Å². The van der Waals surface area contributed by atoms with Gasteiger partial charge in [0.1, 0.15) is 18.0 Å². The number of hydrogen-bond acceptors (Lipinski definition) is 3. The number of ketones is 1. The summed E-state index contributed by atoms with van der Waals surface area (Å²) in [5.41, 5.74) is -2.22. The Balaban J connectivity index is 2.32. The van der Waals surface area contributed by atoms with Gasteiger partial charge in [0, 0.05) is 11.8 Å². The van der Waals surface area contributed by atoms with Crippen LogP contribution in [0.1, 0.15) is 27.7 Å². The molecule has 1 N–H and O–H groups in total. The molecule has 1 heterocycles. The average Bonchev–Trinajstić information content (AvgIpc) is 2.63. The van der Waals surface area contributed by atoms with Crippen LogP contribution >= 0.6 is 0 Å². The Bertz CT molecular complexity index is 538. The second kappa shape index (κ2) is 5.94. The van der Waals surface area contributed by atoms with Gasteiger partial charge in [0.05, 0.1) is 11.5 Å². The molecular weight excluding hydrogens is 335 g/mol. The van der Waals surface area contributed by atoms with Crippen LogP contribution in [0.15, 0.2) is 11.8 Å². The van der Waals surface area contributed by atoms with Crippen LogP contribution in [0.3, 0.4) is 0 Å². The molecule has 24 heavy (non-hydrogen) atoms. The summed E-state index contributed by atoms with van der Waals surface area (Å²) in [5.74, 6) is -3.52. The smallest absolute Gasteiger partial charge is 0.168 e. The lowest BCUT2D eigenvalue weighted by atomic mass is 9.79. The topological polar surface area (TPSA) is 52.2 Å². The van der Waals surface area contributed by atoms with Crippen molar-refractivity contribution >= 4 is 5.78 Å². The van der Waals surface area contributed by atoms with Gasteiger partial charge in [0.2, 0.25) is 0 Å². The second-order valence-corrected chi connectivity index (χ2v) is 7.25. The van der Waals surface area contributed by atoms with E-state index in [2.05, 4.69) is 5.32 Å². The van der Waals surface area contributed by atoms with E-state index in [-0.39, 0.29) is 5.70 Å². The van der Waals surface area contributed by atoms with Crippen molar-refractivity contribution in [1.29, 1.82) is 0 Å². The molecule has 1 saturated carbocycles. The maximum absolute atomic E-state index is 13.9. The van der Waals surface area contributed by atoms with E-state index in [0.29, 0.717) is 5.06 Å². The zero-order valence-corrected chi connectivity index (χ0v) is 13.7. The monoisotopic (exact) mass is 355 g/mol. The highest BCUT2D eigenvalue weighted by Crippen LogP contribution is 2.39. The van der Waals surface area contributed by atoms with Crippen molar-refractivity contribution in [3.8, 4) is 0 Å². The third-order valence-electron chi connectivity index (χ3n) is 4.63. The Hall–Kier alpha value is -1.22. The maximum Gasteiger partial charge on any atom is 0.168 e. The predicted molar refractivity (Wildman–Crippen MR) is 74.9 cm³/mol. The summed E-state index contributed by atoms with van der Waals surface area (Å²) in [6, 6.07) is 0. The minimum absolute atomic E-state index is 0.0695. The number of alkyl halides is 5. The highest BCUT2D eigenvalue weighted by molar-refractivity contribution is 5.93. The molecule has 1 radical (unpaired) electrons. The lowest BCUT2D eigenvalue weighted by Gasteiger charge is -2.35. The fourth-order valence-corrected chi connectivity index (χ4v) is 3.21. The number of hydroxylamine groups is 2. The van der Waals surface area contributed by atoms with E-state index in [9.17, 15) is 32.0 Å². The average molecular weight is 355 g/mol. The van der Waals surface area contributed by atoms with Crippen molar-refractivity contribution in [3.05, 3.63) is 11.8 Å². The summed E-state index contributed by atoms with van der Waals surface area (Å²) in [4.78, 5) is 12.2. The van der Waals surface area contributed by atoms with Gasteiger partial charge in [-0.25, -0.2) is 22.0 Å². The van der Waals surface area contributed by atoms with Crippen LogP contribution in [-0.4, -0.2) is 52.9 Å². The van der Waals surface area contributed by atoms with Crippen molar-refractivity contribution in [2.75, 3.05) is 0 Å². The second-order valence-electron chi connectivity index (χ2n) is 7.25.